The molecule has 0 N–H and O–H groups in total. The number of pyridine rings is 1. The molecule has 1 saturated heterocycles. The first-order chi connectivity index (χ1) is 10.8. The van der Waals surface area contributed by atoms with Gasteiger partial charge < -0.3 is 9.30 Å². The number of aryl methyl sites for hydroxylation is 1. The minimum Gasteiger partial charge on any atom is -0.488 e. The lowest BCUT2D eigenvalue weighted by molar-refractivity contribution is 0.146. The topological polar surface area (TPSA) is 43.2 Å². The Hall–Kier alpha value is -1.88. The molecule has 116 valence electrons. The lowest BCUT2D eigenvalue weighted by Crippen LogP contribution is -2.28. The molecule has 0 spiro atoms. The average Bonchev–Trinajstić information content (AvgIpc) is 3.20. The molecule has 0 amide bonds. The molecule has 0 radical (unpaired) electrons. The molecule has 2 aliphatic rings. The van der Waals surface area contributed by atoms with Crippen LogP contribution in [0.3, 0.4) is 0 Å². The number of aromatic nitrogens is 3. The van der Waals surface area contributed by atoms with Gasteiger partial charge in [0.25, 0.3) is 0 Å². The van der Waals surface area contributed by atoms with E-state index in [0.29, 0.717) is 12.0 Å². The van der Waals surface area contributed by atoms with Gasteiger partial charge in [0.2, 0.25) is 0 Å². The van der Waals surface area contributed by atoms with Crippen LogP contribution in [0.15, 0.2) is 37.1 Å². The van der Waals surface area contributed by atoms with Gasteiger partial charge in [0, 0.05) is 45.0 Å². The normalized spacial score (nSPS) is 28.0. The van der Waals surface area contributed by atoms with Crippen molar-refractivity contribution in [3.05, 3.63) is 42.7 Å². The van der Waals surface area contributed by atoms with Gasteiger partial charge >= 0.3 is 0 Å². The summed E-state index contributed by atoms with van der Waals surface area (Å²) in [6, 6.07) is 3.94. The molecular formula is C17H22N4O. The molecule has 3 atom stereocenters. The van der Waals surface area contributed by atoms with E-state index in [0.717, 1.165) is 24.8 Å². The number of hydrogen-bond acceptors (Lipinski definition) is 4. The van der Waals surface area contributed by atoms with E-state index in [1.165, 1.54) is 25.1 Å². The van der Waals surface area contributed by atoms with Gasteiger partial charge in [0.15, 0.2) is 0 Å². The number of imidazole rings is 1. The van der Waals surface area contributed by atoms with Crippen LogP contribution in [0, 0.1) is 11.8 Å². The third kappa shape index (κ3) is 2.61. The molecule has 5 heteroatoms. The zero-order valence-corrected chi connectivity index (χ0v) is 12.9. The van der Waals surface area contributed by atoms with E-state index in [2.05, 4.69) is 26.5 Å². The van der Waals surface area contributed by atoms with Gasteiger partial charge in [-0.1, -0.05) is 0 Å². The Balaban J connectivity index is 1.40. The minimum atomic E-state index is 0.339. The fourth-order valence-electron chi connectivity index (χ4n) is 3.94. The van der Waals surface area contributed by atoms with Crippen molar-refractivity contribution in [1.82, 2.24) is 19.4 Å². The van der Waals surface area contributed by atoms with Crippen molar-refractivity contribution in [2.75, 3.05) is 13.1 Å². The highest BCUT2D eigenvalue weighted by molar-refractivity contribution is 5.16. The molecule has 1 aliphatic carbocycles. The van der Waals surface area contributed by atoms with Crippen LogP contribution in [0.25, 0.3) is 0 Å². The van der Waals surface area contributed by atoms with Crippen molar-refractivity contribution in [3.63, 3.8) is 0 Å². The van der Waals surface area contributed by atoms with E-state index < -0.39 is 0 Å². The monoisotopic (exact) mass is 298 g/mol. The van der Waals surface area contributed by atoms with Crippen molar-refractivity contribution in [2.24, 2.45) is 18.9 Å². The summed E-state index contributed by atoms with van der Waals surface area (Å²) in [6.45, 7) is 3.30. The van der Waals surface area contributed by atoms with Crippen LogP contribution in [0.1, 0.15) is 18.5 Å². The predicted molar refractivity (Wildman–Crippen MR) is 83.4 cm³/mol. The van der Waals surface area contributed by atoms with E-state index in [9.17, 15) is 0 Å². The first-order valence-corrected chi connectivity index (χ1v) is 8.04. The standard InChI is InChI=1S/C17H22N4O/c1-20-12-19-7-14(20)10-21-9-13-4-5-17(16(13)11-21)22-15-3-2-6-18-8-15/h2-3,6-8,12-13,16-17H,4-5,9-11H2,1H3/t13-,16+,17-/m1/s1. The summed E-state index contributed by atoms with van der Waals surface area (Å²) in [4.78, 5) is 10.9. The minimum absolute atomic E-state index is 0.339. The summed E-state index contributed by atoms with van der Waals surface area (Å²) < 4.78 is 8.30. The van der Waals surface area contributed by atoms with Crippen LogP contribution in [-0.2, 0) is 13.6 Å². The van der Waals surface area contributed by atoms with Crippen molar-refractivity contribution in [1.29, 1.82) is 0 Å². The highest BCUT2D eigenvalue weighted by Gasteiger charge is 2.43. The summed E-state index contributed by atoms with van der Waals surface area (Å²) in [7, 11) is 2.06. The van der Waals surface area contributed by atoms with Crippen molar-refractivity contribution < 1.29 is 4.74 Å². The second-order valence-electron chi connectivity index (χ2n) is 6.54. The maximum atomic E-state index is 6.19. The summed E-state index contributed by atoms with van der Waals surface area (Å²) >= 11 is 0. The second-order valence-corrected chi connectivity index (χ2v) is 6.54. The Morgan fingerprint density at radius 1 is 1.23 bits per heavy atom. The average molecular weight is 298 g/mol. The Morgan fingerprint density at radius 2 is 2.18 bits per heavy atom. The van der Waals surface area contributed by atoms with E-state index >= 15 is 0 Å². The fraction of sp³-hybridized carbons (Fsp3) is 0.529. The van der Waals surface area contributed by atoms with Gasteiger partial charge in [-0.25, -0.2) is 4.98 Å². The number of ether oxygens (including phenoxy) is 1. The van der Waals surface area contributed by atoms with E-state index in [4.69, 9.17) is 4.74 Å². The molecule has 2 aromatic heterocycles. The lowest BCUT2D eigenvalue weighted by Gasteiger charge is -2.21. The van der Waals surface area contributed by atoms with Crippen LogP contribution in [0.2, 0.25) is 0 Å². The molecule has 5 nitrogen and oxygen atoms in total. The third-order valence-electron chi connectivity index (χ3n) is 5.09. The quantitative estimate of drug-likeness (QED) is 0.867. The largest absolute Gasteiger partial charge is 0.488 e. The molecule has 0 bridgehead atoms. The number of likely N-dealkylation sites (tertiary alicyclic amines) is 1. The number of rotatable bonds is 4. The van der Waals surface area contributed by atoms with Crippen molar-refractivity contribution in [3.8, 4) is 5.75 Å². The molecular weight excluding hydrogens is 276 g/mol. The third-order valence-corrected chi connectivity index (χ3v) is 5.09. The van der Waals surface area contributed by atoms with Crippen molar-refractivity contribution in [2.45, 2.75) is 25.5 Å². The SMILES string of the molecule is Cn1cncc1CN1C[C@H]2CC[C@@H](Oc3cccnc3)[C@H]2C1. The van der Waals surface area contributed by atoms with E-state index in [1.807, 2.05) is 30.9 Å². The smallest absolute Gasteiger partial charge is 0.138 e. The van der Waals surface area contributed by atoms with Crippen LogP contribution in [0.4, 0.5) is 0 Å². The Labute approximate surface area is 130 Å². The molecule has 0 aromatic carbocycles. The first-order valence-electron chi connectivity index (χ1n) is 8.04. The first kappa shape index (κ1) is 13.8. The zero-order chi connectivity index (χ0) is 14.9. The van der Waals surface area contributed by atoms with Crippen LogP contribution < -0.4 is 4.74 Å². The van der Waals surface area contributed by atoms with Gasteiger partial charge in [-0.05, 0) is 30.9 Å². The van der Waals surface area contributed by atoms with Gasteiger partial charge in [0.1, 0.15) is 11.9 Å². The maximum Gasteiger partial charge on any atom is 0.138 e. The molecule has 1 saturated carbocycles. The van der Waals surface area contributed by atoms with Crippen LogP contribution in [-0.4, -0.2) is 38.6 Å². The van der Waals surface area contributed by atoms with Gasteiger partial charge in [0.05, 0.1) is 18.2 Å². The zero-order valence-electron chi connectivity index (χ0n) is 12.9. The predicted octanol–water partition coefficient (Wildman–Crippen LogP) is 2.10. The van der Waals surface area contributed by atoms with Gasteiger partial charge in [-0.15, -0.1) is 0 Å². The summed E-state index contributed by atoms with van der Waals surface area (Å²) in [5.41, 5.74) is 1.28. The van der Waals surface area contributed by atoms with Crippen LogP contribution >= 0.6 is 0 Å². The Bertz CT molecular complexity index is 627. The van der Waals surface area contributed by atoms with E-state index in [-0.39, 0.29) is 0 Å². The summed E-state index contributed by atoms with van der Waals surface area (Å²) in [5.74, 6) is 2.32. The molecule has 2 aromatic rings. The number of hydrogen-bond donors (Lipinski definition) is 0. The highest BCUT2D eigenvalue weighted by atomic mass is 16.5. The molecule has 0 unspecified atom stereocenters. The highest BCUT2D eigenvalue weighted by Crippen LogP contribution is 2.40. The molecule has 3 heterocycles. The summed E-state index contributed by atoms with van der Waals surface area (Å²) in [6.07, 6.45) is 10.2. The Morgan fingerprint density at radius 3 is 2.95 bits per heavy atom. The lowest BCUT2D eigenvalue weighted by atomic mass is 9.99. The van der Waals surface area contributed by atoms with Crippen LogP contribution in [0.5, 0.6) is 5.75 Å². The van der Waals surface area contributed by atoms with Gasteiger partial charge in [-0.2, -0.15) is 0 Å². The van der Waals surface area contributed by atoms with Gasteiger partial charge in [-0.3, -0.25) is 9.88 Å². The number of nitrogens with zero attached hydrogens (tertiary/aromatic N) is 4. The maximum absolute atomic E-state index is 6.19. The van der Waals surface area contributed by atoms with E-state index in [1.54, 1.807) is 6.20 Å². The molecule has 4 rings (SSSR count). The molecule has 22 heavy (non-hydrogen) atoms. The Kier molecular flexibility index (Phi) is 3.58. The fourth-order valence-corrected chi connectivity index (χ4v) is 3.94. The molecule has 1 aliphatic heterocycles. The van der Waals surface area contributed by atoms with Crippen molar-refractivity contribution >= 4 is 0 Å². The molecule has 2 fully saturated rings. The second kappa shape index (κ2) is 5.72. The summed E-state index contributed by atoms with van der Waals surface area (Å²) in [5, 5.41) is 0. The number of fused-ring (bicyclic) bond motifs is 1.